The maximum Gasteiger partial charge on any atom is 0.274 e. The van der Waals surface area contributed by atoms with Gasteiger partial charge in [0.15, 0.2) is 0 Å². The van der Waals surface area contributed by atoms with Crippen LogP contribution in [0.3, 0.4) is 0 Å². The number of nitrogens with zero attached hydrogens (tertiary/aromatic N) is 2. The predicted molar refractivity (Wildman–Crippen MR) is 98.6 cm³/mol. The first-order valence-corrected chi connectivity index (χ1v) is 7.60. The molecule has 2 aromatic carbocycles. The van der Waals surface area contributed by atoms with Crippen LogP contribution in [0, 0.1) is 0 Å². The molecule has 3 aromatic rings. The molecule has 3 rings (SSSR count). The van der Waals surface area contributed by atoms with Crippen LogP contribution in [-0.2, 0) is 0 Å². The number of fused-ring (bicyclic) bond motifs is 1. The Labute approximate surface area is 140 Å². The van der Waals surface area contributed by atoms with E-state index in [0.717, 1.165) is 11.3 Å². The van der Waals surface area contributed by atoms with E-state index < -0.39 is 0 Å². The summed E-state index contributed by atoms with van der Waals surface area (Å²) < 4.78 is 5.20. The van der Waals surface area contributed by atoms with Gasteiger partial charge >= 0.3 is 0 Å². The molecule has 0 atom stereocenters. The number of aromatic amines is 1. The molecule has 0 bridgehead atoms. The Morgan fingerprint density at radius 2 is 1.83 bits per heavy atom. The zero-order chi connectivity index (χ0) is 17.1. The molecular weight excluding hydrogens is 302 g/mol. The fourth-order valence-electron chi connectivity index (χ4n) is 2.38. The second-order valence-corrected chi connectivity index (χ2v) is 5.65. The van der Waals surface area contributed by atoms with E-state index in [-0.39, 0.29) is 5.56 Å². The minimum absolute atomic E-state index is 0.214. The smallest absolute Gasteiger partial charge is 0.274 e. The molecule has 1 N–H and O–H groups in total. The summed E-state index contributed by atoms with van der Waals surface area (Å²) in [4.78, 5) is 21.4. The summed E-state index contributed by atoms with van der Waals surface area (Å²) in [6.07, 6.45) is 3.60. The van der Waals surface area contributed by atoms with Crippen molar-refractivity contribution in [2.45, 2.75) is 0 Å². The van der Waals surface area contributed by atoms with Gasteiger partial charge in [-0.1, -0.05) is 18.2 Å². The van der Waals surface area contributed by atoms with Gasteiger partial charge in [-0.3, -0.25) is 4.79 Å². The molecule has 0 fully saturated rings. The van der Waals surface area contributed by atoms with Crippen LogP contribution in [0.1, 0.15) is 11.3 Å². The minimum Gasteiger partial charge on any atom is -0.497 e. The number of anilines is 1. The van der Waals surface area contributed by atoms with E-state index in [9.17, 15) is 4.79 Å². The Bertz CT molecular complexity index is 941. The third-order valence-corrected chi connectivity index (χ3v) is 3.77. The van der Waals surface area contributed by atoms with Crippen LogP contribution in [0.5, 0.6) is 5.75 Å². The number of hydrogen-bond donors (Lipinski definition) is 1. The highest BCUT2D eigenvalue weighted by Crippen LogP contribution is 2.17. The summed E-state index contributed by atoms with van der Waals surface area (Å²) in [6.45, 7) is 0. The van der Waals surface area contributed by atoms with Gasteiger partial charge in [-0.15, -0.1) is 0 Å². The molecule has 24 heavy (non-hydrogen) atoms. The molecule has 0 aliphatic heterocycles. The fourth-order valence-corrected chi connectivity index (χ4v) is 2.38. The Hall–Kier alpha value is -3.08. The summed E-state index contributed by atoms with van der Waals surface area (Å²) in [5, 5.41) is 0. The third-order valence-electron chi connectivity index (χ3n) is 3.77. The van der Waals surface area contributed by atoms with E-state index in [1.807, 2.05) is 49.3 Å². The monoisotopic (exact) mass is 321 g/mol. The van der Waals surface area contributed by atoms with Gasteiger partial charge in [-0.25, -0.2) is 4.98 Å². The standard InChI is InChI=1S/C19H19N3O2/c1-22(2)14-7-4-13(5-8-14)6-10-17-19(23)21-16-11-9-15(24-3)12-18(16)20-17/h4-12H,1-3H3,(H,21,23)/b10-6+. The second-order valence-electron chi connectivity index (χ2n) is 5.65. The Kier molecular flexibility index (Phi) is 4.33. The molecule has 0 aliphatic carbocycles. The lowest BCUT2D eigenvalue weighted by Gasteiger charge is -2.11. The summed E-state index contributed by atoms with van der Waals surface area (Å²) in [5.74, 6) is 0.705. The van der Waals surface area contributed by atoms with Crippen molar-refractivity contribution in [2.24, 2.45) is 0 Å². The molecule has 1 heterocycles. The van der Waals surface area contributed by atoms with Gasteiger partial charge in [0.05, 0.1) is 18.1 Å². The predicted octanol–water partition coefficient (Wildman–Crippen LogP) is 3.17. The SMILES string of the molecule is COc1ccc2[nH]c(=O)c(/C=C/c3ccc(N(C)C)cc3)nc2c1. The number of benzene rings is 2. The van der Waals surface area contributed by atoms with Gasteiger partial charge in [-0.05, 0) is 35.9 Å². The average Bonchev–Trinajstić information content (AvgIpc) is 2.60. The van der Waals surface area contributed by atoms with Crippen molar-refractivity contribution < 1.29 is 4.74 Å². The summed E-state index contributed by atoms with van der Waals surface area (Å²) >= 11 is 0. The number of H-pyrrole nitrogens is 1. The zero-order valence-electron chi connectivity index (χ0n) is 13.9. The maximum atomic E-state index is 12.1. The number of methoxy groups -OCH3 is 1. The van der Waals surface area contributed by atoms with Gasteiger partial charge in [0.2, 0.25) is 0 Å². The molecular formula is C19H19N3O2. The van der Waals surface area contributed by atoms with Crippen molar-refractivity contribution in [1.82, 2.24) is 9.97 Å². The van der Waals surface area contributed by atoms with Gasteiger partial charge < -0.3 is 14.6 Å². The Morgan fingerprint density at radius 3 is 2.50 bits per heavy atom. The largest absolute Gasteiger partial charge is 0.497 e. The zero-order valence-corrected chi connectivity index (χ0v) is 13.9. The fraction of sp³-hybridized carbons (Fsp3) is 0.158. The van der Waals surface area contributed by atoms with Crippen molar-refractivity contribution in [3.8, 4) is 5.75 Å². The van der Waals surface area contributed by atoms with Gasteiger partial charge in [0, 0.05) is 25.8 Å². The molecule has 0 saturated carbocycles. The third kappa shape index (κ3) is 3.30. The first-order valence-electron chi connectivity index (χ1n) is 7.60. The van der Waals surface area contributed by atoms with Crippen LogP contribution in [0.15, 0.2) is 47.3 Å². The van der Waals surface area contributed by atoms with Gasteiger partial charge in [0.25, 0.3) is 5.56 Å². The van der Waals surface area contributed by atoms with Crippen molar-refractivity contribution in [3.63, 3.8) is 0 Å². The van der Waals surface area contributed by atoms with Crippen molar-refractivity contribution in [2.75, 3.05) is 26.1 Å². The normalized spacial score (nSPS) is 11.1. The lowest BCUT2D eigenvalue weighted by molar-refractivity contribution is 0.415. The first-order chi connectivity index (χ1) is 11.6. The molecule has 0 unspecified atom stereocenters. The highest BCUT2D eigenvalue weighted by atomic mass is 16.5. The Balaban J connectivity index is 1.93. The van der Waals surface area contributed by atoms with Crippen LogP contribution < -0.4 is 15.2 Å². The quantitative estimate of drug-likeness (QED) is 0.802. The summed E-state index contributed by atoms with van der Waals surface area (Å²) in [6, 6.07) is 13.5. The van der Waals surface area contributed by atoms with Crippen molar-refractivity contribution in [3.05, 3.63) is 64.1 Å². The van der Waals surface area contributed by atoms with E-state index >= 15 is 0 Å². The number of ether oxygens (including phenoxy) is 1. The van der Waals surface area contributed by atoms with Crippen LogP contribution in [0.2, 0.25) is 0 Å². The number of nitrogens with one attached hydrogen (secondary N) is 1. The van der Waals surface area contributed by atoms with Crippen LogP contribution in [0.4, 0.5) is 5.69 Å². The number of hydrogen-bond acceptors (Lipinski definition) is 4. The van der Waals surface area contributed by atoms with E-state index in [0.29, 0.717) is 22.5 Å². The molecule has 0 spiro atoms. The van der Waals surface area contributed by atoms with Crippen molar-refractivity contribution >= 4 is 28.9 Å². The minimum atomic E-state index is -0.214. The molecule has 122 valence electrons. The van der Waals surface area contributed by atoms with E-state index in [2.05, 4.69) is 9.97 Å². The molecule has 1 aromatic heterocycles. The van der Waals surface area contributed by atoms with Gasteiger partial charge in [0.1, 0.15) is 11.4 Å². The number of rotatable bonds is 4. The highest BCUT2D eigenvalue weighted by Gasteiger charge is 2.03. The van der Waals surface area contributed by atoms with E-state index in [1.165, 1.54) is 0 Å². The molecule has 0 saturated heterocycles. The number of aromatic nitrogens is 2. The maximum absolute atomic E-state index is 12.1. The van der Waals surface area contributed by atoms with E-state index in [1.54, 1.807) is 31.4 Å². The molecule has 0 radical (unpaired) electrons. The second kappa shape index (κ2) is 6.58. The van der Waals surface area contributed by atoms with Crippen molar-refractivity contribution in [1.29, 1.82) is 0 Å². The molecule has 5 nitrogen and oxygen atoms in total. The highest BCUT2D eigenvalue weighted by molar-refractivity contribution is 5.78. The molecule has 5 heteroatoms. The molecule has 0 aliphatic rings. The van der Waals surface area contributed by atoms with Crippen LogP contribution in [-0.4, -0.2) is 31.2 Å². The molecule has 0 amide bonds. The first kappa shape index (κ1) is 15.8. The summed E-state index contributed by atoms with van der Waals surface area (Å²) in [7, 11) is 5.60. The topological polar surface area (TPSA) is 58.2 Å². The van der Waals surface area contributed by atoms with Gasteiger partial charge in [-0.2, -0.15) is 0 Å². The van der Waals surface area contributed by atoms with E-state index in [4.69, 9.17) is 4.74 Å². The van der Waals surface area contributed by atoms with Crippen LogP contribution in [0.25, 0.3) is 23.2 Å². The summed E-state index contributed by atoms with van der Waals surface area (Å²) in [5.41, 5.74) is 3.67. The lowest BCUT2D eigenvalue weighted by Crippen LogP contribution is -2.11. The lowest BCUT2D eigenvalue weighted by atomic mass is 10.1. The average molecular weight is 321 g/mol. The van der Waals surface area contributed by atoms with Crippen LogP contribution >= 0.6 is 0 Å². The Morgan fingerprint density at radius 1 is 1.08 bits per heavy atom.